The second-order valence-electron chi connectivity index (χ2n) is 2.34. The Kier molecular flexibility index (Phi) is 3.41. The molecule has 0 spiro atoms. The molecule has 12 heavy (non-hydrogen) atoms. The molecule has 0 radical (unpaired) electrons. The third-order valence-corrected chi connectivity index (χ3v) is 1.80. The molecule has 0 atom stereocenters. The van der Waals surface area contributed by atoms with Gasteiger partial charge in [0.2, 0.25) is 5.95 Å². The van der Waals surface area contributed by atoms with E-state index in [0.717, 1.165) is 10.9 Å². The zero-order chi connectivity index (χ0) is 8.97. The second kappa shape index (κ2) is 4.36. The van der Waals surface area contributed by atoms with Crippen LogP contribution in [0.4, 0.5) is 4.39 Å². The summed E-state index contributed by atoms with van der Waals surface area (Å²) in [7, 11) is 0. The number of nitrogens with zero attached hydrogens (tertiary/aromatic N) is 1. The molecule has 1 aromatic rings. The number of hydrogen-bond acceptors (Lipinski definition) is 1. The monoisotopic (exact) mass is 229 g/mol. The van der Waals surface area contributed by atoms with E-state index in [0.29, 0.717) is 5.56 Å². The van der Waals surface area contributed by atoms with Crippen LogP contribution in [0.3, 0.4) is 0 Å². The molecule has 0 saturated carbocycles. The zero-order valence-electron chi connectivity index (χ0n) is 6.72. The van der Waals surface area contributed by atoms with Crippen LogP contribution in [-0.4, -0.2) is 4.98 Å². The lowest BCUT2D eigenvalue weighted by Gasteiger charge is -1.95. The molecule has 0 unspecified atom stereocenters. The summed E-state index contributed by atoms with van der Waals surface area (Å²) in [5.41, 5.74) is 0.520. The molecule has 0 bridgehead atoms. The van der Waals surface area contributed by atoms with E-state index >= 15 is 0 Å². The van der Waals surface area contributed by atoms with Crippen molar-refractivity contribution in [1.82, 2.24) is 4.98 Å². The predicted molar refractivity (Wildman–Crippen MR) is 51.2 cm³/mol. The summed E-state index contributed by atoms with van der Waals surface area (Å²) in [6.45, 7) is 2.00. The first kappa shape index (κ1) is 9.39. The van der Waals surface area contributed by atoms with Crippen LogP contribution in [0.5, 0.6) is 0 Å². The van der Waals surface area contributed by atoms with Crippen LogP contribution in [0.15, 0.2) is 22.8 Å². The van der Waals surface area contributed by atoms with Crippen molar-refractivity contribution in [3.05, 3.63) is 34.3 Å². The summed E-state index contributed by atoms with van der Waals surface area (Å²) >= 11 is 3.23. The van der Waals surface area contributed by atoms with Gasteiger partial charge in [-0.05, 0) is 28.4 Å². The number of rotatable bonds is 2. The average Bonchev–Trinajstić information content (AvgIpc) is 2.07. The Morgan fingerprint density at radius 2 is 2.42 bits per heavy atom. The fourth-order valence-electron chi connectivity index (χ4n) is 0.800. The number of aromatic nitrogens is 1. The van der Waals surface area contributed by atoms with E-state index in [2.05, 4.69) is 20.9 Å². The quantitative estimate of drug-likeness (QED) is 0.709. The first-order valence-electron chi connectivity index (χ1n) is 3.71. The van der Waals surface area contributed by atoms with E-state index < -0.39 is 5.95 Å². The van der Waals surface area contributed by atoms with E-state index in [1.165, 1.54) is 6.20 Å². The summed E-state index contributed by atoms with van der Waals surface area (Å²) in [4.78, 5) is 3.57. The van der Waals surface area contributed by atoms with Gasteiger partial charge in [-0.15, -0.1) is 0 Å². The van der Waals surface area contributed by atoms with E-state index in [4.69, 9.17) is 0 Å². The van der Waals surface area contributed by atoms with E-state index in [-0.39, 0.29) is 0 Å². The van der Waals surface area contributed by atoms with Gasteiger partial charge in [0, 0.05) is 16.2 Å². The normalized spacial score (nSPS) is 10.9. The van der Waals surface area contributed by atoms with Crippen molar-refractivity contribution < 1.29 is 4.39 Å². The minimum atomic E-state index is -0.428. The van der Waals surface area contributed by atoms with Crippen LogP contribution in [0, 0.1) is 5.95 Å². The molecular weight excluding hydrogens is 221 g/mol. The van der Waals surface area contributed by atoms with Gasteiger partial charge in [-0.2, -0.15) is 4.39 Å². The van der Waals surface area contributed by atoms with Crippen LogP contribution in [-0.2, 0) is 0 Å². The van der Waals surface area contributed by atoms with Crippen molar-refractivity contribution in [3.63, 3.8) is 0 Å². The highest BCUT2D eigenvalue weighted by molar-refractivity contribution is 9.10. The molecule has 0 N–H and O–H groups in total. The Morgan fingerprint density at radius 1 is 1.67 bits per heavy atom. The summed E-state index contributed by atoms with van der Waals surface area (Å²) in [6, 6.07) is 1.70. The summed E-state index contributed by atoms with van der Waals surface area (Å²) in [6.07, 6.45) is 5.96. The van der Waals surface area contributed by atoms with E-state index in [1.54, 1.807) is 12.1 Å². The lowest BCUT2D eigenvalue weighted by Crippen LogP contribution is -1.86. The van der Waals surface area contributed by atoms with E-state index in [1.807, 2.05) is 13.0 Å². The lowest BCUT2D eigenvalue weighted by atomic mass is 10.2. The van der Waals surface area contributed by atoms with Crippen molar-refractivity contribution in [2.24, 2.45) is 0 Å². The fraction of sp³-hybridized carbons (Fsp3) is 0.222. The molecule has 0 aliphatic rings. The minimum Gasteiger partial charge on any atom is -0.227 e. The standard InChI is InChI=1S/C9H9BrFN/c1-2-3-4-7-5-8(10)6-12-9(7)11/h3-6H,2H2,1H3. The smallest absolute Gasteiger partial charge is 0.220 e. The molecule has 1 rings (SSSR count). The van der Waals surface area contributed by atoms with Gasteiger partial charge < -0.3 is 0 Å². The molecule has 64 valence electrons. The number of pyridine rings is 1. The molecule has 0 aliphatic carbocycles. The highest BCUT2D eigenvalue weighted by Crippen LogP contribution is 2.14. The lowest BCUT2D eigenvalue weighted by molar-refractivity contribution is 0.580. The SMILES string of the molecule is CCC=Cc1cc(Br)cnc1F. The summed E-state index contributed by atoms with van der Waals surface area (Å²) in [5, 5.41) is 0. The van der Waals surface area contributed by atoms with Crippen LogP contribution >= 0.6 is 15.9 Å². The van der Waals surface area contributed by atoms with Crippen molar-refractivity contribution >= 4 is 22.0 Å². The molecule has 0 saturated heterocycles. The number of hydrogen-bond donors (Lipinski definition) is 0. The largest absolute Gasteiger partial charge is 0.227 e. The summed E-state index contributed by atoms with van der Waals surface area (Å²) < 4.78 is 13.7. The molecule has 0 amide bonds. The first-order chi connectivity index (χ1) is 5.74. The van der Waals surface area contributed by atoms with Crippen LogP contribution < -0.4 is 0 Å². The predicted octanol–water partition coefficient (Wildman–Crippen LogP) is 3.41. The minimum absolute atomic E-state index is 0.428. The first-order valence-corrected chi connectivity index (χ1v) is 4.51. The highest BCUT2D eigenvalue weighted by atomic mass is 79.9. The van der Waals surface area contributed by atoms with Gasteiger partial charge in [0.05, 0.1) is 0 Å². The topological polar surface area (TPSA) is 12.9 Å². The van der Waals surface area contributed by atoms with Gasteiger partial charge in [0.25, 0.3) is 0 Å². The Labute approximate surface area is 79.5 Å². The van der Waals surface area contributed by atoms with Gasteiger partial charge in [-0.1, -0.05) is 19.1 Å². The molecule has 1 nitrogen and oxygen atoms in total. The Morgan fingerprint density at radius 3 is 3.08 bits per heavy atom. The van der Waals surface area contributed by atoms with Crippen LogP contribution in [0.2, 0.25) is 0 Å². The fourth-order valence-corrected chi connectivity index (χ4v) is 1.15. The van der Waals surface area contributed by atoms with Crippen molar-refractivity contribution in [3.8, 4) is 0 Å². The molecule has 0 fully saturated rings. The Bertz CT molecular complexity index is 297. The molecule has 1 aromatic heterocycles. The molecule has 3 heteroatoms. The maximum absolute atomic E-state index is 12.9. The third-order valence-electron chi connectivity index (χ3n) is 1.37. The van der Waals surface area contributed by atoms with Gasteiger partial charge >= 0.3 is 0 Å². The van der Waals surface area contributed by atoms with Crippen molar-refractivity contribution in [2.45, 2.75) is 13.3 Å². The molecule has 0 aromatic carbocycles. The Hall–Kier alpha value is -0.700. The molecule has 1 heterocycles. The van der Waals surface area contributed by atoms with Crippen molar-refractivity contribution in [2.75, 3.05) is 0 Å². The van der Waals surface area contributed by atoms with Gasteiger partial charge in [0.15, 0.2) is 0 Å². The molecular formula is C9H9BrFN. The summed E-state index contributed by atoms with van der Waals surface area (Å²) in [5.74, 6) is -0.428. The van der Waals surface area contributed by atoms with Crippen LogP contribution in [0.25, 0.3) is 6.08 Å². The van der Waals surface area contributed by atoms with Gasteiger partial charge in [-0.25, -0.2) is 4.98 Å². The van der Waals surface area contributed by atoms with Gasteiger partial charge in [-0.3, -0.25) is 0 Å². The third kappa shape index (κ3) is 2.41. The highest BCUT2D eigenvalue weighted by Gasteiger charge is 1.99. The van der Waals surface area contributed by atoms with Gasteiger partial charge in [0.1, 0.15) is 0 Å². The van der Waals surface area contributed by atoms with Crippen molar-refractivity contribution in [1.29, 1.82) is 0 Å². The zero-order valence-corrected chi connectivity index (χ0v) is 8.31. The Balaban J connectivity index is 2.97. The molecule has 0 aliphatic heterocycles. The van der Waals surface area contributed by atoms with E-state index in [9.17, 15) is 4.39 Å². The average molecular weight is 230 g/mol. The maximum Gasteiger partial charge on any atom is 0.220 e. The number of halogens is 2. The number of allylic oxidation sites excluding steroid dienone is 1. The van der Waals surface area contributed by atoms with Crippen LogP contribution in [0.1, 0.15) is 18.9 Å². The second-order valence-corrected chi connectivity index (χ2v) is 3.26. The maximum atomic E-state index is 12.9.